The summed E-state index contributed by atoms with van der Waals surface area (Å²) in [6, 6.07) is 0.798. The summed E-state index contributed by atoms with van der Waals surface area (Å²) in [4.78, 5) is 9.40. The third-order valence-electron chi connectivity index (χ3n) is 4.11. The summed E-state index contributed by atoms with van der Waals surface area (Å²) in [5, 5.41) is 3.61. The summed E-state index contributed by atoms with van der Waals surface area (Å²) < 4.78 is 0. The van der Waals surface area contributed by atoms with Gasteiger partial charge in [0.2, 0.25) is 0 Å². The van der Waals surface area contributed by atoms with E-state index in [9.17, 15) is 0 Å². The van der Waals surface area contributed by atoms with Crippen LogP contribution < -0.4 is 5.32 Å². The first kappa shape index (κ1) is 15.4. The van der Waals surface area contributed by atoms with Crippen molar-refractivity contribution in [3.63, 3.8) is 0 Å². The molecule has 0 saturated heterocycles. The van der Waals surface area contributed by atoms with Crippen LogP contribution in [0.15, 0.2) is 0 Å². The van der Waals surface area contributed by atoms with E-state index in [1.807, 2.05) is 0 Å². The largest absolute Gasteiger partial charge is 0.314 e. The summed E-state index contributed by atoms with van der Waals surface area (Å²) in [5.74, 6) is 1.67. The molecule has 1 atom stereocenters. The predicted octanol–water partition coefficient (Wildman–Crippen LogP) is 3.37. The molecular weight excluding hydrogens is 246 g/mol. The monoisotopic (exact) mass is 275 g/mol. The lowest BCUT2D eigenvalue weighted by atomic mass is 9.98. The fraction of sp³-hybridized carbons (Fsp3) is 0.765. The van der Waals surface area contributed by atoms with Crippen LogP contribution in [-0.2, 0) is 12.8 Å². The third kappa shape index (κ3) is 4.55. The second kappa shape index (κ2) is 7.16. The molecule has 112 valence electrons. The smallest absolute Gasteiger partial charge is 0.128 e. The lowest BCUT2D eigenvalue weighted by Gasteiger charge is -2.16. The zero-order valence-electron chi connectivity index (χ0n) is 13.5. The van der Waals surface area contributed by atoms with Crippen LogP contribution in [-0.4, -0.2) is 22.6 Å². The Balaban J connectivity index is 1.95. The number of nitrogens with one attached hydrogen (secondary N) is 1. The van der Waals surface area contributed by atoms with E-state index in [1.54, 1.807) is 0 Å². The Morgan fingerprint density at radius 1 is 1.20 bits per heavy atom. The summed E-state index contributed by atoms with van der Waals surface area (Å²) in [5.41, 5.74) is 3.72. The van der Waals surface area contributed by atoms with Gasteiger partial charge in [0, 0.05) is 23.9 Å². The molecule has 1 aliphatic rings. The average molecular weight is 275 g/mol. The number of hydrogen-bond donors (Lipinski definition) is 1. The Bertz CT molecular complexity index is 415. The van der Waals surface area contributed by atoms with Gasteiger partial charge >= 0.3 is 0 Å². The molecule has 0 bridgehead atoms. The van der Waals surface area contributed by atoms with Crippen LogP contribution in [0, 0.1) is 19.8 Å². The van der Waals surface area contributed by atoms with Gasteiger partial charge in [-0.25, -0.2) is 9.97 Å². The summed E-state index contributed by atoms with van der Waals surface area (Å²) in [6.45, 7) is 9.92. The first-order valence-corrected chi connectivity index (χ1v) is 8.16. The summed E-state index contributed by atoms with van der Waals surface area (Å²) in [6.07, 6.45) is 7.20. The van der Waals surface area contributed by atoms with Crippen LogP contribution in [0.1, 0.15) is 62.3 Å². The van der Waals surface area contributed by atoms with Crippen LogP contribution in [0.5, 0.6) is 0 Å². The molecule has 1 saturated carbocycles. The minimum Gasteiger partial charge on any atom is -0.314 e. The molecule has 3 heteroatoms. The van der Waals surface area contributed by atoms with Gasteiger partial charge in [-0.05, 0) is 57.6 Å². The fourth-order valence-corrected chi connectivity index (χ4v) is 2.63. The first-order valence-electron chi connectivity index (χ1n) is 8.16. The molecule has 3 nitrogen and oxygen atoms in total. The molecule has 1 N–H and O–H groups in total. The molecule has 1 fully saturated rings. The molecule has 0 aromatic carbocycles. The molecule has 0 amide bonds. The lowest BCUT2D eigenvalue weighted by molar-refractivity contribution is 0.505. The number of hydrogen-bond acceptors (Lipinski definition) is 3. The number of rotatable bonds is 8. The Hall–Kier alpha value is -0.960. The van der Waals surface area contributed by atoms with Crippen molar-refractivity contribution in [2.24, 2.45) is 5.92 Å². The summed E-state index contributed by atoms with van der Waals surface area (Å²) in [7, 11) is 0. The van der Waals surface area contributed by atoms with Gasteiger partial charge in [0.1, 0.15) is 5.82 Å². The van der Waals surface area contributed by atoms with Crippen molar-refractivity contribution < 1.29 is 0 Å². The van der Waals surface area contributed by atoms with Gasteiger partial charge in [-0.15, -0.1) is 0 Å². The minimum atomic E-state index is 0.651. The highest BCUT2D eigenvalue weighted by molar-refractivity contribution is 5.25. The van der Waals surface area contributed by atoms with Crippen molar-refractivity contribution in [3.8, 4) is 0 Å². The number of unbranched alkanes of at least 4 members (excludes halogenated alkanes) is 1. The molecular formula is C17H29N3. The van der Waals surface area contributed by atoms with Gasteiger partial charge in [0.05, 0.1) is 0 Å². The normalized spacial score (nSPS) is 16.4. The SMILES string of the molecule is CCCCc1nc(C)c(CC(C)CNC2CC2)c(C)n1. The van der Waals surface area contributed by atoms with E-state index in [2.05, 4.69) is 33.0 Å². The molecule has 1 unspecified atom stereocenters. The second-order valence-corrected chi connectivity index (χ2v) is 6.38. The minimum absolute atomic E-state index is 0.651. The Morgan fingerprint density at radius 2 is 1.85 bits per heavy atom. The predicted molar refractivity (Wildman–Crippen MR) is 84.0 cm³/mol. The molecule has 2 rings (SSSR count). The maximum absolute atomic E-state index is 4.70. The van der Waals surface area contributed by atoms with Crippen LogP contribution >= 0.6 is 0 Å². The second-order valence-electron chi connectivity index (χ2n) is 6.38. The molecule has 0 aliphatic heterocycles. The van der Waals surface area contributed by atoms with E-state index in [0.717, 1.165) is 31.3 Å². The lowest BCUT2D eigenvalue weighted by Crippen LogP contribution is -2.25. The number of aryl methyl sites for hydroxylation is 3. The highest BCUT2D eigenvalue weighted by Gasteiger charge is 2.21. The van der Waals surface area contributed by atoms with E-state index >= 15 is 0 Å². The van der Waals surface area contributed by atoms with Crippen molar-refractivity contribution in [1.82, 2.24) is 15.3 Å². The Labute approximate surface area is 123 Å². The van der Waals surface area contributed by atoms with Gasteiger partial charge in [-0.2, -0.15) is 0 Å². The molecule has 1 aromatic rings. The zero-order chi connectivity index (χ0) is 14.5. The maximum Gasteiger partial charge on any atom is 0.128 e. The third-order valence-corrected chi connectivity index (χ3v) is 4.11. The number of nitrogens with zero attached hydrogens (tertiary/aromatic N) is 2. The van der Waals surface area contributed by atoms with E-state index < -0.39 is 0 Å². The van der Waals surface area contributed by atoms with Gasteiger partial charge in [0.15, 0.2) is 0 Å². The molecule has 0 radical (unpaired) electrons. The highest BCUT2D eigenvalue weighted by atomic mass is 14.9. The van der Waals surface area contributed by atoms with Gasteiger partial charge in [-0.3, -0.25) is 0 Å². The average Bonchev–Trinajstić information content (AvgIpc) is 3.22. The van der Waals surface area contributed by atoms with Crippen LogP contribution in [0.4, 0.5) is 0 Å². The molecule has 1 aromatic heterocycles. The van der Waals surface area contributed by atoms with Crippen molar-refractivity contribution in [2.45, 2.75) is 72.3 Å². The molecule has 0 spiro atoms. The maximum atomic E-state index is 4.70. The zero-order valence-corrected chi connectivity index (χ0v) is 13.5. The Morgan fingerprint density at radius 3 is 2.40 bits per heavy atom. The highest BCUT2D eigenvalue weighted by Crippen LogP contribution is 2.20. The van der Waals surface area contributed by atoms with E-state index in [-0.39, 0.29) is 0 Å². The van der Waals surface area contributed by atoms with Gasteiger partial charge < -0.3 is 5.32 Å². The molecule has 1 aliphatic carbocycles. The van der Waals surface area contributed by atoms with Gasteiger partial charge in [0.25, 0.3) is 0 Å². The van der Waals surface area contributed by atoms with Crippen LogP contribution in [0.3, 0.4) is 0 Å². The van der Waals surface area contributed by atoms with Crippen molar-refractivity contribution in [3.05, 3.63) is 22.8 Å². The van der Waals surface area contributed by atoms with E-state index in [4.69, 9.17) is 9.97 Å². The van der Waals surface area contributed by atoms with E-state index in [1.165, 1.54) is 42.6 Å². The van der Waals surface area contributed by atoms with Crippen LogP contribution in [0.2, 0.25) is 0 Å². The molecule has 20 heavy (non-hydrogen) atoms. The quantitative estimate of drug-likeness (QED) is 0.790. The van der Waals surface area contributed by atoms with E-state index in [0.29, 0.717) is 5.92 Å². The summed E-state index contributed by atoms with van der Waals surface area (Å²) >= 11 is 0. The van der Waals surface area contributed by atoms with Crippen molar-refractivity contribution in [1.29, 1.82) is 0 Å². The fourth-order valence-electron chi connectivity index (χ4n) is 2.63. The first-order chi connectivity index (χ1) is 9.60. The molecule has 1 heterocycles. The standard InChI is InChI=1S/C17H29N3/c1-5-6-7-17-19-13(3)16(14(4)20-17)10-12(2)11-18-15-8-9-15/h12,15,18H,5-11H2,1-4H3. The van der Waals surface area contributed by atoms with Gasteiger partial charge in [-0.1, -0.05) is 20.3 Å². The Kier molecular flexibility index (Phi) is 5.53. The number of aromatic nitrogens is 2. The topological polar surface area (TPSA) is 37.8 Å². The van der Waals surface area contributed by atoms with Crippen LogP contribution in [0.25, 0.3) is 0 Å². The van der Waals surface area contributed by atoms with Crippen molar-refractivity contribution in [2.75, 3.05) is 6.54 Å². The van der Waals surface area contributed by atoms with Crippen molar-refractivity contribution >= 4 is 0 Å².